The number of carbonyl (C=O) groups is 1. The Kier molecular flexibility index (Phi) is 6.53. The molecule has 0 saturated carbocycles. The maximum atomic E-state index is 13.2. The molecule has 0 radical (unpaired) electrons. The lowest BCUT2D eigenvalue weighted by molar-refractivity contribution is -0.385. The van der Waals surface area contributed by atoms with Gasteiger partial charge in [-0.1, -0.05) is 43.8 Å². The number of aliphatic imine (C=N–C) groups is 1. The van der Waals surface area contributed by atoms with Gasteiger partial charge in [0.05, 0.1) is 17.7 Å². The van der Waals surface area contributed by atoms with Crippen LogP contribution in [0.5, 0.6) is 5.75 Å². The number of ether oxygens (including phenoxy) is 1. The van der Waals surface area contributed by atoms with Gasteiger partial charge in [-0.2, -0.15) is 0 Å². The molecule has 1 fully saturated rings. The third-order valence-corrected chi connectivity index (χ3v) is 5.69. The Hall–Kier alpha value is -2.87. The highest BCUT2D eigenvalue weighted by Gasteiger charge is 2.27. The summed E-state index contributed by atoms with van der Waals surface area (Å²) < 4.78 is 5.03. The molecule has 2 aromatic carbocycles. The summed E-state index contributed by atoms with van der Waals surface area (Å²) in [5.74, 6) is 0.996. The van der Waals surface area contributed by atoms with Gasteiger partial charge >= 0.3 is 5.69 Å². The van der Waals surface area contributed by atoms with Crippen LogP contribution in [-0.4, -0.2) is 40.3 Å². The standard InChI is InChI=1S/C21H23N3O4S/c1-14(2)16-7-4-5-8-17(16)22-21-23(11-6-12-29-21)20(25)15-9-10-19(28-3)18(13-15)24(26)27/h4-5,7-10,13-14H,6,11-12H2,1-3H3. The van der Waals surface area contributed by atoms with Crippen LogP contribution in [-0.2, 0) is 0 Å². The first-order valence-electron chi connectivity index (χ1n) is 9.37. The second kappa shape index (κ2) is 9.09. The SMILES string of the molecule is COc1ccc(C(=O)N2CCCSC2=Nc2ccccc2C(C)C)cc1[N+](=O)[O-]. The number of benzene rings is 2. The number of nitro benzene ring substituents is 1. The van der Waals surface area contributed by atoms with E-state index < -0.39 is 4.92 Å². The summed E-state index contributed by atoms with van der Waals surface area (Å²) >= 11 is 1.52. The molecule has 0 aromatic heterocycles. The van der Waals surface area contributed by atoms with E-state index in [0.29, 0.717) is 17.6 Å². The number of amides is 1. The van der Waals surface area contributed by atoms with Gasteiger partial charge in [0.25, 0.3) is 5.91 Å². The Morgan fingerprint density at radius 2 is 2.03 bits per heavy atom. The van der Waals surface area contributed by atoms with Gasteiger partial charge in [-0.05, 0) is 36.1 Å². The second-order valence-corrected chi connectivity index (χ2v) is 7.97. The Labute approximate surface area is 173 Å². The largest absolute Gasteiger partial charge is 0.490 e. The van der Waals surface area contributed by atoms with Crippen LogP contribution < -0.4 is 4.74 Å². The molecule has 0 bridgehead atoms. The molecule has 1 saturated heterocycles. The summed E-state index contributed by atoms with van der Waals surface area (Å²) in [5, 5.41) is 11.9. The summed E-state index contributed by atoms with van der Waals surface area (Å²) in [6.45, 7) is 4.73. The van der Waals surface area contributed by atoms with Crippen molar-refractivity contribution < 1.29 is 14.5 Å². The van der Waals surface area contributed by atoms with Crippen molar-refractivity contribution >= 4 is 34.2 Å². The van der Waals surface area contributed by atoms with Crippen LogP contribution in [0.3, 0.4) is 0 Å². The van der Waals surface area contributed by atoms with Crippen LogP contribution in [0.1, 0.15) is 42.1 Å². The first kappa shape index (κ1) is 20.9. The van der Waals surface area contributed by atoms with Gasteiger partial charge in [0, 0.05) is 23.9 Å². The van der Waals surface area contributed by atoms with E-state index in [2.05, 4.69) is 13.8 Å². The molecule has 3 rings (SSSR count). The summed E-state index contributed by atoms with van der Waals surface area (Å²) in [5.41, 5.74) is 1.96. The number of hydrogen-bond donors (Lipinski definition) is 0. The normalized spacial score (nSPS) is 15.6. The quantitative estimate of drug-likeness (QED) is 0.509. The Morgan fingerprint density at radius 1 is 1.28 bits per heavy atom. The Balaban J connectivity index is 1.97. The molecule has 1 aliphatic rings. The molecule has 1 heterocycles. The molecule has 0 spiro atoms. The zero-order valence-corrected chi connectivity index (χ0v) is 17.4. The highest BCUT2D eigenvalue weighted by molar-refractivity contribution is 8.13. The second-order valence-electron chi connectivity index (χ2n) is 6.91. The third kappa shape index (κ3) is 4.59. The van der Waals surface area contributed by atoms with Gasteiger partial charge < -0.3 is 4.74 Å². The van der Waals surface area contributed by atoms with Gasteiger partial charge in [0.15, 0.2) is 10.9 Å². The fourth-order valence-electron chi connectivity index (χ4n) is 3.14. The van der Waals surface area contributed by atoms with Crippen LogP contribution in [0.15, 0.2) is 47.5 Å². The van der Waals surface area contributed by atoms with Gasteiger partial charge in [0.1, 0.15) is 0 Å². The Bertz CT molecular complexity index is 959. The van der Waals surface area contributed by atoms with Crippen molar-refractivity contribution in [1.29, 1.82) is 0 Å². The molecule has 0 aliphatic carbocycles. The lowest BCUT2D eigenvalue weighted by Crippen LogP contribution is -2.39. The molecule has 2 aromatic rings. The molecular weight excluding hydrogens is 390 g/mol. The number of rotatable bonds is 5. The highest BCUT2D eigenvalue weighted by Crippen LogP contribution is 2.31. The molecule has 1 amide bonds. The van der Waals surface area contributed by atoms with Crippen LogP contribution in [0, 0.1) is 10.1 Å². The van der Waals surface area contributed by atoms with Gasteiger partial charge in [0.2, 0.25) is 0 Å². The predicted octanol–water partition coefficient (Wildman–Crippen LogP) is 4.99. The summed E-state index contributed by atoms with van der Waals surface area (Å²) in [7, 11) is 1.36. The lowest BCUT2D eigenvalue weighted by atomic mass is 10.0. The summed E-state index contributed by atoms with van der Waals surface area (Å²) in [6.07, 6.45) is 0.833. The topological polar surface area (TPSA) is 85.0 Å². The van der Waals surface area contributed by atoms with Crippen molar-refractivity contribution in [2.24, 2.45) is 4.99 Å². The van der Waals surface area contributed by atoms with E-state index in [9.17, 15) is 14.9 Å². The van der Waals surface area contributed by atoms with Gasteiger partial charge in [-0.3, -0.25) is 19.8 Å². The van der Waals surface area contributed by atoms with Crippen LogP contribution in [0.25, 0.3) is 0 Å². The van der Waals surface area contributed by atoms with Crippen molar-refractivity contribution in [3.63, 3.8) is 0 Å². The fourth-order valence-corrected chi connectivity index (χ4v) is 4.09. The van der Waals surface area contributed by atoms with E-state index in [1.807, 2.05) is 24.3 Å². The number of thioether (sulfide) groups is 1. The molecular formula is C21H23N3O4S. The van der Waals surface area contributed by atoms with E-state index in [1.165, 1.54) is 31.0 Å². The molecule has 29 heavy (non-hydrogen) atoms. The van der Waals surface area contributed by atoms with E-state index in [0.717, 1.165) is 23.4 Å². The van der Waals surface area contributed by atoms with Gasteiger partial charge in [-0.15, -0.1) is 0 Å². The zero-order chi connectivity index (χ0) is 21.0. The maximum Gasteiger partial charge on any atom is 0.311 e. The number of methoxy groups -OCH3 is 1. The van der Waals surface area contributed by atoms with Crippen molar-refractivity contribution in [2.45, 2.75) is 26.2 Å². The molecule has 8 heteroatoms. The van der Waals surface area contributed by atoms with Crippen LogP contribution >= 0.6 is 11.8 Å². The van der Waals surface area contributed by atoms with Crippen molar-refractivity contribution in [3.05, 3.63) is 63.7 Å². The number of nitro groups is 1. The first-order valence-corrected chi connectivity index (χ1v) is 10.4. The summed E-state index contributed by atoms with van der Waals surface area (Å²) in [6, 6.07) is 12.2. The highest BCUT2D eigenvalue weighted by atomic mass is 32.2. The van der Waals surface area contributed by atoms with E-state index in [1.54, 1.807) is 11.0 Å². The van der Waals surface area contributed by atoms with Gasteiger partial charge in [-0.25, -0.2) is 4.99 Å². The number of amidine groups is 1. The number of hydrogen-bond acceptors (Lipinski definition) is 6. The van der Waals surface area contributed by atoms with Crippen molar-refractivity contribution in [1.82, 2.24) is 4.90 Å². The monoisotopic (exact) mass is 413 g/mol. The minimum Gasteiger partial charge on any atom is -0.490 e. The van der Waals surface area contributed by atoms with E-state index in [-0.39, 0.29) is 22.9 Å². The van der Waals surface area contributed by atoms with Crippen LogP contribution in [0.2, 0.25) is 0 Å². The van der Waals surface area contributed by atoms with Crippen molar-refractivity contribution in [2.75, 3.05) is 19.4 Å². The minimum absolute atomic E-state index is 0.124. The number of carbonyl (C=O) groups excluding carboxylic acids is 1. The molecule has 0 unspecified atom stereocenters. The smallest absolute Gasteiger partial charge is 0.311 e. The van der Waals surface area contributed by atoms with E-state index in [4.69, 9.17) is 9.73 Å². The molecule has 1 aliphatic heterocycles. The molecule has 7 nitrogen and oxygen atoms in total. The predicted molar refractivity (Wildman–Crippen MR) is 115 cm³/mol. The molecule has 152 valence electrons. The van der Waals surface area contributed by atoms with E-state index >= 15 is 0 Å². The third-order valence-electron chi connectivity index (χ3n) is 4.63. The first-order chi connectivity index (χ1) is 13.9. The summed E-state index contributed by atoms with van der Waals surface area (Å²) in [4.78, 5) is 30.3. The van der Waals surface area contributed by atoms with Crippen LogP contribution in [0.4, 0.5) is 11.4 Å². The van der Waals surface area contributed by atoms with Crippen molar-refractivity contribution in [3.8, 4) is 5.75 Å². The Morgan fingerprint density at radius 3 is 2.72 bits per heavy atom. The molecule has 0 atom stereocenters. The lowest BCUT2D eigenvalue weighted by Gasteiger charge is -2.28. The average Bonchev–Trinajstić information content (AvgIpc) is 2.73. The number of para-hydroxylation sites is 1. The minimum atomic E-state index is -0.547. The zero-order valence-electron chi connectivity index (χ0n) is 16.6. The number of nitrogens with zero attached hydrogens (tertiary/aromatic N) is 3. The fraction of sp³-hybridized carbons (Fsp3) is 0.333. The molecule has 0 N–H and O–H groups in total. The maximum absolute atomic E-state index is 13.2. The average molecular weight is 413 g/mol.